The molecule has 0 aliphatic heterocycles. The molecule has 0 spiro atoms. The lowest BCUT2D eigenvalue weighted by molar-refractivity contribution is 0.633. The van der Waals surface area contributed by atoms with Crippen LogP contribution in [0, 0.1) is 5.82 Å². The average Bonchev–Trinajstić information content (AvgIpc) is 2.71. The Kier molecular flexibility index (Phi) is 1.55. The zero-order chi connectivity index (χ0) is 11.4. The fraction of sp³-hybridized carbons (Fsp3) is 0. The average molecular weight is 220 g/mol. The molecule has 4 rings (SSSR count). The maximum absolute atomic E-state index is 14.0. The fourth-order valence-corrected chi connectivity index (χ4v) is 2.78. The monoisotopic (exact) mass is 220 g/mol. The summed E-state index contributed by atoms with van der Waals surface area (Å²) in [4.78, 5) is 0. The minimum absolute atomic E-state index is 0.130. The van der Waals surface area contributed by atoms with E-state index >= 15 is 0 Å². The lowest BCUT2D eigenvalue weighted by Gasteiger charge is -2.02. The molecule has 0 heterocycles. The van der Waals surface area contributed by atoms with Crippen molar-refractivity contribution in [1.29, 1.82) is 0 Å². The Balaban J connectivity index is 2.33. The Morgan fingerprint density at radius 3 is 2.29 bits per heavy atom. The summed E-state index contributed by atoms with van der Waals surface area (Å²) in [5.74, 6) is -0.130. The Morgan fingerprint density at radius 1 is 0.647 bits per heavy atom. The Morgan fingerprint density at radius 2 is 1.41 bits per heavy atom. The number of rotatable bonds is 0. The Hall–Kier alpha value is -2.15. The topological polar surface area (TPSA) is 0 Å². The first-order chi connectivity index (χ1) is 8.36. The van der Waals surface area contributed by atoms with Gasteiger partial charge in [-0.2, -0.15) is 0 Å². The van der Waals surface area contributed by atoms with Crippen LogP contribution in [0.15, 0.2) is 54.6 Å². The lowest BCUT2D eigenvalue weighted by Crippen LogP contribution is -1.81. The van der Waals surface area contributed by atoms with Gasteiger partial charge >= 0.3 is 0 Å². The first kappa shape index (κ1) is 8.94. The molecule has 0 nitrogen and oxygen atoms in total. The van der Waals surface area contributed by atoms with Crippen molar-refractivity contribution in [2.45, 2.75) is 0 Å². The molecule has 1 aliphatic rings. The van der Waals surface area contributed by atoms with Crippen LogP contribution in [0.1, 0.15) is 0 Å². The summed E-state index contributed by atoms with van der Waals surface area (Å²) in [7, 11) is 0. The maximum Gasteiger partial charge on any atom is 0.131 e. The van der Waals surface area contributed by atoms with Crippen LogP contribution >= 0.6 is 0 Å². The van der Waals surface area contributed by atoms with E-state index in [9.17, 15) is 4.39 Å². The van der Waals surface area contributed by atoms with Gasteiger partial charge < -0.3 is 0 Å². The second-order valence-corrected chi connectivity index (χ2v) is 4.37. The summed E-state index contributed by atoms with van der Waals surface area (Å²) < 4.78 is 14.0. The van der Waals surface area contributed by atoms with Crippen LogP contribution in [0.25, 0.3) is 33.0 Å². The standard InChI is InChI=1S/C16H9F/c17-14-9-8-10-4-3-7-12-11-5-1-2-6-13(11)16(14)15(10)12/h1-9H. The molecule has 0 unspecified atom stereocenters. The number of fused-ring (bicyclic) bond motifs is 3. The number of halogens is 1. The van der Waals surface area contributed by atoms with Crippen molar-refractivity contribution in [2.75, 3.05) is 0 Å². The molecule has 80 valence electrons. The molecule has 0 aromatic heterocycles. The molecule has 0 bridgehead atoms. The second kappa shape index (κ2) is 2.95. The van der Waals surface area contributed by atoms with Crippen molar-refractivity contribution in [2.24, 2.45) is 0 Å². The molecule has 3 aromatic carbocycles. The van der Waals surface area contributed by atoms with Crippen molar-refractivity contribution >= 4 is 10.8 Å². The molecule has 1 aliphatic carbocycles. The van der Waals surface area contributed by atoms with E-state index in [1.54, 1.807) is 6.07 Å². The van der Waals surface area contributed by atoms with Gasteiger partial charge in [-0.25, -0.2) is 4.39 Å². The quantitative estimate of drug-likeness (QED) is 0.405. The first-order valence-electron chi connectivity index (χ1n) is 5.67. The van der Waals surface area contributed by atoms with E-state index in [0.717, 1.165) is 33.0 Å². The smallest absolute Gasteiger partial charge is 0.131 e. The Bertz CT molecular complexity index is 757. The largest absolute Gasteiger partial charge is 0.206 e. The molecule has 0 atom stereocenters. The molecular weight excluding hydrogens is 211 g/mol. The normalized spacial score (nSPS) is 11.8. The number of hydrogen-bond acceptors (Lipinski definition) is 0. The van der Waals surface area contributed by atoms with Crippen molar-refractivity contribution in [3.63, 3.8) is 0 Å². The van der Waals surface area contributed by atoms with Crippen LogP contribution in [0.3, 0.4) is 0 Å². The molecular formula is C16H9F. The SMILES string of the molecule is Fc1ccc2cccc3c2c1-c1ccccc1-3. The third-order valence-electron chi connectivity index (χ3n) is 3.48. The zero-order valence-corrected chi connectivity index (χ0v) is 9.07. The minimum atomic E-state index is -0.130. The van der Waals surface area contributed by atoms with Crippen molar-refractivity contribution in [1.82, 2.24) is 0 Å². The molecule has 0 fully saturated rings. The molecule has 0 saturated heterocycles. The molecule has 0 radical (unpaired) electrons. The van der Waals surface area contributed by atoms with E-state index in [1.807, 2.05) is 36.4 Å². The van der Waals surface area contributed by atoms with E-state index in [2.05, 4.69) is 12.1 Å². The first-order valence-corrected chi connectivity index (χ1v) is 5.67. The number of benzene rings is 3. The highest BCUT2D eigenvalue weighted by Crippen LogP contribution is 2.47. The van der Waals surface area contributed by atoms with Gasteiger partial charge in [0, 0.05) is 10.9 Å². The van der Waals surface area contributed by atoms with Crippen LogP contribution in [0.5, 0.6) is 0 Å². The van der Waals surface area contributed by atoms with Crippen LogP contribution in [-0.4, -0.2) is 0 Å². The summed E-state index contributed by atoms with van der Waals surface area (Å²) >= 11 is 0. The highest BCUT2D eigenvalue weighted by atomic mass is 19.1. The van der Waals surface area contributed by atoms with Gasteiger partial charge in [0.25, 0.3) is 0 Å². The third kappa shape index (κ3) is 1.01. The van der Waals surface area contributed by atoms with Gasteiger partial charge in [0.2, 0.25) is 0 Å². The van der Waals surface area contributed by atoms with Crippen LogP contribution in [0.2, 0.25) is 0 Å². The van der Waals surface area contributed by atoms with E-state index in [0.29, 0.717) is 0 Å². The molecule has 0 saturated carbocycles. The van der Waals surface area contributed by atoms with Gasteiger partial charge in [-0.15, -0.1) is 0 Å². The van der Waals surface area contributed by atoms with Crippen LogP contribution < -0.4 is 0 Å². The van der Waals surface area contributed by atoms with Gasteiger partial charge in [-0.05, 0) is 28.1 Å². The van der Waals surface area contributed by atoms with Gasteiger partial charge in [0.05, 0.1) is 0 Å². The van der Waals surface area contributed by atoms with E-state index in [-0.39, 0.29) is 5.82 Å². The van der Waals surface area contributed by atoms with Crippen LogP contribution in [0.4, 0.5) is 4.39 Å². The second-order valence-electron chi connectivity index (χ2n) is 4.37. The summed E-state index contributed by atoms with van der Waals surface area (Å²) in [5, 5.41) is 2.16. The van der Waals surface area contributed by atoms with Crippen molar-refractivity contribution in [3.05, 3.63) is 60.4 Å². The molecule has 0 amide bonds. The predicted octanol–water partition coefficient (Wildman–Crippen LogP) is 4.63. The van der Waals surface area contributed by atoms with E-state index in [4.69, 9.17) is 0 Å². The minimum Gasteiger partial charge on any atom is -0.206 e. The third-order valence-corrected chi connectivity index (χ3v) is 3.48. The van der Waals surface area contributed by atoms with Crippen LogP contribution in [-0.2, 0) is 0 Å². The summed E-state index contributed by atoms with van der Waals surface area (Å²) in [6.45, 7) is 0. The van der Waals surface area contributed by atoms with E-state index in [1.165, 1.54) is 0 Å². The summed E-state index contributed by atoms with van der Waals surface area (Å²) in [5.41, 5.74) is 4.05. The lowest BCUT2D eigenvalue weighted by atomic mass is 10.0. The number of hydrogen-bond donors (Lipinski definition) is 0. The van der Waals surface area contributed by atoms with Gasteiger partial charge in [-0.3, -0.25) is 0 Å². The summed E-state index contributed by atoms with van der Waals surface area (Å²) in [6, 6.07) is 17.6. The molecule has 1 heteroatoms. The maximum atomic E-state index is 14.0. The zero-order valence-electron chi connectivity index (χ0n) is 9.07. The van der Waals surface area contributed by atoms with E-state index < -0.39 is 0 Å². The molecule has 0 N–H and O–H groups in total. The molecule has 3 aromatic rings. The summed E-state index contributed by atoms with van der Waals surface area (Å²) in [6.07, 6.45) is 0. The van der Waals surface area contributed by atoms with Crippen molar-refractivity contribution in [3.8, 4) is 22.3 Å². The predicted molar refractivity (Wildman–Crippen MR) is 68.3 cm³/mol. The molecule has 17 heavy (non-hydrogen) atoms. The highest BCUT2D eigenvalue weighted by Gasteiger charge is 2.23. The Labute approximate surface area is 98.3 Å². The van der Waals surface area contributed by atoms with Gasteiger partial charge in [0.1, 0.15) is 5.82 Å². The highest BCUT2D eigenvalue weighted by molar-refractivity contribution is 6.15. The van der Waals surface area contributed by atoms with Gasteiger partial charge in [0.15, 0.2) is 0 Å². The van der Waals surface area contributed by atoms with Crippen molar-refractivity contribution < 1.29 is 4.39 Å². The van der Waals surface area contributed by atoms with Gasteiger partial charge in [-0.1, -0.05) is 48.5 Å². The fourth-order valence-electron chi connectivity index (χ4n) is 2.78.